The Labute approximate surface area is 182 Å². The molecule has 2 aromatic rings. The number of nitrogens with two attached hydrogens (primary N) is 1. The molecule has 0 saturated carbocycles. The van der Waals surface area contributed by atoms with Crippen LogP contribution in [0.25, 0.3) is 0 Å². The highest BCUT2D eigenvalue weighted by Gasteiger charge is 2.18. The molecule has 0 unspecified atom stereocenters. The first-order valence-electron chi connectivity index (χ1n) is 10.1. The summed E-state index contributed by atoms with van der Waals surface area (Å²) in [5, 5.41) is 21.3. The molecule has 0 amide bonds. The molecule has 0 fully saturated rings. The maximum atomic E-state index is 12.5. The molecular formula is C22H32N2O5S. The highest BCUT2D eigenvalue weighted by Crippen LogP contribution is 2.39. The van der Waals surface area contributed by atoms with E-state index in [1.165, 1.54) is 0 Å². The summed E-state index contributed by atoms with van der Waals surface area (Å²) in [5.74, 6) is 1.000. The lowest BCUT2D eigenvalue weighted by Gasteiger charge is -2.17. The fourth-order valence-corrected chi connectivity index (χ4v) is 3.10. The zero-order valence-electron chi connectivity index (χ0n) is 17.6. The Morgan fingerprint density at radius 2 is 1.77 bits per heavy atom. The molecule has 0 aromatic heterocycles. The van der Waals surface area contributed by atoms with E-state index in [2.05, 4.69) is 19.2 Å². The summed E-state index contributed by atoms with van der Waals surface area (Å²) in [6.07, 6.45) is 5.09. The molecule has 0 aliphatic rings. The van der Waals surface area contributed by atoms with Gasteiger partial charge in [-0.2, -0.15) is 0 Å². The third kappa shape index (κ3) is 8.62. The standard InChI is InChI=1S/C22H30N2O3S.H2O2/c1-3-5-10-14-26-22(25)17-15-19(24-13-6-4-2)21(20(16-17)28-23)27-18-11-8-7-9-12-18;1-2/h7-9,11-12,15-16,24H,3-6,10,13-14,23H2,1-2H3;1-2H. The van der Waals surface area contributed by atoms with Gasteiger partial charge in [-0.3, -0.25) is 15.7 Å². The Morgan fingerprint density at radius 3 is 2.40 bits per heavy atom. The molecule has 166 valence electrons. The average Bonchev–Trinajstić information content (AvgIpc) is 2.79. The Hall–Kier alpha value is -2.26. The smallest absolute Gasteiger partial charge is 0.338 e. The van der Waals surface area contributed by atoms with Crippen molar-refractivity contribution in [3.63, 3.8) is 0 Å². The molecule has 0 atom stereocenters. The molecule has 2 aromatic carbocycles. The van der Waals surface area contributed by atoms with E-state index in [0.29, 0.717) is 28.6 Å². The number of carbonyl (C=O) groups is 1. The molecule has 0 saturated heterocycles. The van der Waals surface area contributed by atoms with Crippen molar-refractivity contribution in [3.05, 3.63) is 48.0 Å². The van der Waals surface area contributed by atoms with Gasteiger partial charge in [-0.1, -0.05) is 51.3 Å². The molecule has 0 heterocycles. The van der Waals surface area contributed by atoms with Crippen LogP contribution in [0.1, 0.15) is 56.3 Å². The van der Waals surface area contributed by atoms with Crippen molar-refractivity contribution in [2.45, 2.75) is 50.8 Å². The normalized spacial score (nSPS) is 10.0. The van der Waals surface area contributed by atoms with E-state index in [1.54, 1.807) is 12.1 Å². The predicted octanol–water partition coefficient (Wildman–Crippen LogP) is 6.02. The number of carbonyl (C=O) groups excluding carboxylic acids is 1. The van der Waals surface area contributed by atoms with E-state index >= 15 is 0 Å². The summed E-state index contributed by atoms with van der Waals surface area (Å²) in [6.45, 7) is 5.46. The lowest BCUT2D eigenvalue weighted by molar-refractivity contribution is -0.176. The van der Waals surface area contributed by atoms with E-state index in [4.69, 9.17) is 25.1 Å². The van der Waals surface area contributed by atoms with Gasteiger partial charge in [-0.05, 0) is 49.1 Å². The van der Waals surface area contributed by atoms with Crippen LogP contribution in [-0.4, -0.2) is 29.6 Å². The minimum Gasteiger partial charge on any atom is -0.462 e. The van der Waals surface area contributed by atoms with Gasteiger partial charge in [-0.25, -0.2) is 4.79 Å². The highest BCUT2D eigenvalue weighted by molar-refractivity contribution is 7.97. The maximum absolute atomic E-state index is 12.5. The van der Waals surface area contributed by atoms with Crippen molar-refractivity contribution in [1.29, 1.82) is 0 Å². The molecule has 0 aliphatic carbocycles. The second-order valence-electron chi connectivity index (χ2n) is 6.51. The minimum absolute atomic E-state index is 0.337. The van der Waals surface area contributed by atoms with Crippen LogP contribution < -0.4 is 15.2 Å². The molecule has 0 aliphatic heterocycles. The molecule has 30 heavy (non-hydrogen) atoms. The van der Waals surface area contributed by atoms with Crippen LogP contribution in [0.5, 0.6) is 11.5 Å². The summed E-state index contributed by atoms with van der Waals surface area (Å²) in [6, 6.07) is 13.1. The van der Waals surface area contributed by atoms with Crippen molar-refractivity contribution in [2.24, 2.45) is 5.14 Å². The van der Waals surface area contributed by atoms with Crippen LogP contribution in [-0.2, 0) is 4.74 Å². The minimum atomic E-state index is -0.337. The first-order chi connectivity index (χ1) is 14.7. The largest absolute Gasteiger partial charge is 0.462 e. The average molecular weight is 437 g/mol. The zero-order valence-corrected chi connectivity index (χ0v) is 18.4. The number of para-hydroxylation sites is 1. The maximum Gasteiger partial charge on any atom is 0.338 e. The lowest BCUT2D eigenvalue weighted by atomic mass is 10.1. The van der Waals surface area contributed by atoms with E-state index < -0.39 is 0 Å². The topological polar surface area (TPSA) is 114 Å². The Kier molecular flexibility index (Phi) is 13.4. The van der Waals surface area contributed by atoms with Crippen molar-refractivity contribution in [2.75, 3.05) is 18.5 Å². The second kappa shape index (κ2) is 15.6. The monoisotopic (exact) mass is 436 g/mol. The van der Waals surface area contributed by atoms with Gasteiger partial charge in [-0.15, -0.1) is 0 Å². The van der Waals surface area contributed by atoms with Crippen molar-refractivity contribution in [1.82, 2.24) is 0 Å². The number of unbranched alkanes of at least 4 members (excludes halogenated alkanes) is 3. The second-order valence-corrected chi connectivity index (χ2v) is 7.18. The van der Waals surface area contributed by atoms with Gasteiger partial charge < -0.3 is 14.8 Å². The first-order valence-corrected chi connectivity index (χ1v) is 11.0. The molecule has 7 nitrogen and oxygen atoms in total. The van der Waals surface area contributed by atoms with Crippen LogP contribution in [0.2, 0.25) is 0 Å². The zero-order chi connectivity index (χ0) is 22.2. The van der Waals surface area contributed by atoms with Gasteiger partial charge in [0.15, 0.2) is 5.75 Å². The number of benzene rings is 2. The number of hydrogen-bond acceptors (Lipinski definition) is 8. The van der Waals surface area contributed by atoms with Crippen LogP contribution in [0.3, 0.4) is 0 Å². The molecule has 0 spiro atoms. The van der Waals surface area contributed by atoms with E-state index in [-0.39, 0.29) is 5.97 Å². The highest BCUT2D eigenvalue weighted by atomic mass is 32.2. The molecule has 0 radical (unpaired) electrons. The van der Waals surface area contributed by atoms with Gasteiger partial charge in [0.1, 0.15) is 5.75 Å². The van der Waals surface area contributed by atoms with E-state index in [9.17, 15) is 4.79 Å². The first kappa shape index (κ1) is 25.8. The Balaban J connectivity index is 0.00000218. The molecule has 5 N–H and O–H groups in total. The van der Waals surface area contributed by atoms with Gasteiger partial charge in [0, 0.05) is 6.54 Å². The number of ether oxygens (including phenoxy) is 2. The summed E-state index contributed by atoms with van der Waals surface area (Å²) < 4.78 is 11.5. The fourth-order valence-electron chi connectivity index (χ4n) is 2.65. The number of anilines is 1. The van der Waals surface area contributed by atoms with Crippen molar-refractivity contribution >= 4 is 23.6 Å². The quantitative estimate of drug-likeness (QED) is 0.105. The number of rotatable bonds is 12. The van der Waals surface area contributed by atoms with E-state index in [1.807, 2.05) is 30.3 Å². The predicted molar refractivity (Wildman–Crippen MR) is 121 cm³/mol. The van der Waals surface area contributed by atoms with Crippen LogP contribution >= 0.6 is 11.9 Å². The Morgan fingerprint density at radius 1 is 1.07 bits per heavy atom. The molecular weight excluding hydrogens is 404 g/mol. The van der Waals surface area contributed by atoms with Crippen molar-refractivity contribution in [3.8, 4) is 11.5 Å². The van der Waals surface area contributed by atoms with Gasteiger partial charge in [0.2, 0.25) is 0 Å². The number of nitrogens with one attached hydrogen (secondary N) is 1. The summed E-state index contributed by atoms with van der Waals surface area (Å²) in [5.41, 5.74) is 1.22. The van der Waals surface area contributed by atoms with Gasteiger partial charge in [0.05, 0.1) is 22.8 Å². The van der Waals surface area contributed by atoms with E-state index in [0.717, 1.165) is 56.3 Å². The lowest BCUT2D eigenvalue weighted by Crippen LogP contribution is -2.10. The SMILES string of the molecule is CCCCCOC(=O)c1cc(NCCCC)c(Oc2ccccc2)c(SN)c1.OO. The van der Waals surface area contributed by atoms with Gasteiger partial charge >= 0.3 is 5.97 Å². The van der Waals surface area contributed by atoms with Crippen molar-refractivity contribution < 1.29 is 24.8 Å². The van der Waals surface area contributed by atoms with Gasteiger partial charge in [0.25, 0.3) is 0 Å². The summed E-state index contributed by atoms with van der Waals surface area (Å²) in [7, 11) is 0. The Bertz CT molecular complexity index is 744. The fraction of sp³-hybridized carbons (Fsp3) is 0.409. The van der Waals surface area contributed by atoms with Crippen LogP contribution in [0.15, 0.2) is 47.4 Å². The summed E-state index contributed by atoms with van der Waals surface area (Å²) >= 11 is 1.06. The number of esters is 1. The van der Waals surface area contributed by atoms with Crippen LogP contribution in [0, 0.1) is 0 Å². The van der Waals surface area contributed by atoms with Crippen LogP contribution in [0.4, 0.5) is 5.69 Å². The number of hydrogen-bond donors (Lipinski definition) is 4. The molecule has 2 rings (SSSR count). The third-order valence-corrected chi connectivity index (χ3v) is 4.76. The summed E-state index contributed by atoms with van der Waals surface area (Å²) in [4.78, 5) is 13.2. The third-order valence-electron chi connectivity index (χ3n) is 4.21. The molecule has 8 heteroatoms. The molecule has 0 bridgehead atoms.